The van der Waals surface area contributed by atoms with E-state index in [0.717, 1.165) is 23.0 Å². The second kappa shape index (κ2) is 5.82. The highest BCUT2D eigenvalue weighted by molar-refractivity contribution is 7.99. The van der Waals surface area contributed by atoms with E-state index in [9.17, 15) is 4.39 Å². The third kappa shape index (κ3) is 2.79. The fraction of sp³-hybridized carbons (Fsp3) is 0.231. The molecule has 2 rings (SSSR count). The summed E-state index contributed by atoms with van der Waals surface area (Å²) in [5.41, 5.74) is 0.938. The van der Waals surface area contributed by atoms with Crippen LogP contribution in [0.5, 0.6) is 0 Å². The van der Waals surface area contributed by atoms with Crippen molar-refractivity contribution in [2.75, 3.05) is 11.9 Å². The number of hydrogen-bond acceptors (Lipinski definition) is 4. The molecule has 3 nitrogen and oxygen atoms in total. The highest BCUT2D eigenvalue weighted by Gasteiger charge is 2.10. The molecule has 0 aliphatic rings. The second-order valence-electron chi connectivity index (χ2n) is 3.72. The number of benzene rings is 1. The minimum absolute atomic E-state index is 0.231. The van der Waals surface area contributed by atoms with Gasteiger partial charge in [0.2, 0.25) is 0 Å². The van der Waals surface area contributed by atoms with E-state index in [2.05, 4.69) is 15.3 Å². The summed E-state index contributed by atoms with van der Waals surface area (Å²) >= 11 is 1.31. The molecule has 1 heterocycles. The quantitative estimate of drug-likeness (QED) is 0.857. The highest BCUT2D eigenvalue weighted by Crippen LogP contribution is 2.31. The topological polar surface area (TPSA) is 37.8 Å². The van der Waals surface area contributed by atoms with Crippen molar-refractivity contribution in [3.8, 4) is 0 Å². The van der Waals surface area contributed by atoms with Crippen molar-refractivity contribution < 1.29 is 4.39 Å². The Kier molecular flexibility index (Phi) is 4.15. The van der Waals surface area contributed by atoms with Crippen molar-refractivity contribution in [1.82, 2.24) is 9.97 Å². The molecule has 0 aliphatic heterocycles. The molecular weight excluding hydrogens is 249 g/mol. The maximum atomic E-state index is 13.6. The van der Waals surface area contributed by atoms with Gasteiger partial charge in [0.1, 0.15) is 23.0 Å². The molecule has 1 aromatic heterocycles. The van der Waals surface area contributed by atoms with E-state index in [1.165, 1.54) is 24.2 Å². The maximum Gasteiger partial charge on any atom is 0.137 e. The van der Waals surface area contributed by atoms with Crippen molar-refractivity contribution in [2.24, 2.45) is 0 Å². The molecule has 18 heavy (non-hydrogen) atoms. The normalized spacial score (nSPS) is 10.4. The first-order valence-corrected chi connectivity index (χ1v) is 6.52. The molecule has 0 radical (unpaired) electrons. The Morgan fingerprint density at radius 2 is 2.06 bits per heavy atom. The molecule has 0 spiro atoms. The fourth-order valence-corrected chi connectivity index (χ4v) is 2.38. The van der Waals surface area contributed by atoms with Crippen LogP contribution in [-0.2, 0) is 0 Å². The van der Waals surface area contributed by atoms with Gasteiger partial charge in [0.05, 0.1) is 0 Å². The van der Waals surface area contributed by atoms with Crippen LogP contribution in [0.15, 0.2) is 40.5 Å². The lowest BCUT2D eigenvalue weighted by Gasteiger charge is -2.09. The lowest BCUT2D eigenvalue weighted by molar-refractivity contribution is 0.602. The molecule has 2 aromatic rings. The predicted molar refractivity (Wildman–Crippen MR) is 71.5 cm³/mol. The third-order valence-corrected chi connectivity index (χ3v) is 3.58. The van der Waals surface area contributed by atoms with Gasteiger partial charge in [-0.3, -0.25) is 0 Å². The Balaban J connectivity index is 2.30. The first-order valence-electron chi connectivity index (χ1n) is 5.70. The molecule has 94 valence electrons. The van der Waals surface area contributed by atoms with E-state index >= 15 is 0 Å². The number of aromatic nitrogens is 2. The summed E-state index contributed by atoms with van der Waals surface area (Å²) < 4.78 is 13.6. The van der Waals surface area contributed by atoms with E-state index < -0.39 is 0 Å². The second-order valence-corrected chi connectivity index (χ2v) is 4.75. The molecule has 0 saturated heterocycles. The van der Waals surface area contributed by atoms with Gasteiger partial charge in [0.15, 0.2) is 0 Å². The zero-order valence-electron chi connectivity index (χ0n) is 10.3. The van der Waals surface area contributed by atoms with Gasteiger partial charge < -0.3 is 5.32 Å². The van der Waals surface area contributed by atoms with Gasteiger partial charge in [-0.1, -0.05) is 23.9 Å². The van der Waals surface area contributed by atoms with Gasteiger partial charge in [-0.2, -0.15) is 0 Å². The van der Waals surface area contributed by atoms with Crippen LogP contribution in [0.2, 0.25) is 0 Å². The van der Waals surface area contributed by atoms with Crippen molar-refractivity contribution >= 4 is 17.6 Å². The minimum atomic E-state index is -0.231. The number of halogens is 1. The Morgan fingerprint density at radius 1 is 1.28 bits per heavy atom. The molecule has 5 heteroatoms. The van der Waals surface area contributed by atoms with Crippen LogP contribution in [0.1, 0.15) is 12.5 Å². The molecule has 0 fully saturated rings. The number of rotatable bonds is 4. The van der Waals surface area contributed by atoms with E-state index in [1.807, 2.05) is 19.9 Å². The van der Waals surface area contributed by atoms with Crippen LogP contribution in [0.3, 0.4) is 0 Å². The van der Waals surface area contributed by atoms with Crippen LogP contribution in [-0.4, -0.2) is 16.5 Å². The van der Waals surface area contributed by atoms with Crippen molar-refractivity contribution in [3.63, 3.8) is 0 Å². The Hall–Kier alpha value is -1.62. The Labute approximate surface area is 110 Å². The molecule has 1 aromatic carbocycles. The summed E-state index contributed by atoms with van der Waals surface area (Å²) in [6, 6.07) is 6.68. The van der Waals surface area contributed by atoms with Gasteiger partial charge in [0.25, 0.3) is 0 Å². The number of hydrogen-bond donors (Lipinski definition) is 1. The molecule has 1 N–H and O–H groups in total. The summed E-state index contributed by atoms with van der Waals surface area (Å²) in [5, 5.41) is 3.93. The summed E-state index contributed by atoms with van der Waals surface area (Å²) in [6.07, 6.45) is 1.49. The molecule has 0 bridgehead atoms. The minimum Gasteiger partial charge on any atom is -0.370 e. The maximum absolute atomic E-state index is 13.6. The van der Waals surface area contributed by atoms with Crippen LogP contribution in [0, 0.1) is 12.7 Å². The first-order chi connectivity index (χ1) is 8.72. The van der Waals surface area contributed by atoms with Gasteiger partial charge in [-0.15, -0.1) is 0 Å². The summed E-state index contributed by atoms with van der Waals surface area (Å²) in [6.45, 7) is 4.73. The first kappa shape index (κ1) is 12.8. The molecular formula is C13H14FN3S. The van der Waals surface area contributed by atoms with Crippen molar-refractivity contribution in [3.05, 3.63) is 42.0 Å². The molecule has 0 aliphatic carbocycles. The number of anilines is 1. The zero-order chi connectivity index (χ0) is 13.0. The smallest absolute Gasteiger partial charge is 0.137 e. The third-order valence-electron chi connectivity index (χ3n) is 2.43. The molecule has 0 saturated carbocycles. The zero-order valence-corrected chi connectivity index (χ0v) is 11.1. The van der Waals surface area contributed by atoms with Crippen LogP contribution in [0.4, 0.5) is 10.2 Å². The van der Waals surface area contributed by atoms with E-state index in [4.69, 9.17) is 0 Å². The van der Waals surface area contributed by atoms with Crippen LogP contribution in [0.25, 0.3) is 0 Å². The number of nitrogens with zero attached hydrogens (tertiary/aromatic N) is 2. The highest BCUT2D eigenvalue weighted by atomic mass is 32.2. The SMILES string of the molecule is CCNc1ncnc(Sc2ccccc2F)c1C. The van der Waals surface area contributed by atoms with Crippen molar-refractivity contribution in [2.45, 2.75) is 23.8 Å². The Morgan fingerprint density at radius 3 is 2.78 bits per heavy atom. The van der Waals surface area contributed by atoms with Crippen LogP contribution < -0.4 is 5.32 Å². The van der Waals surface area contributed by atoms with Gasteiger partial charge >= 0.3 is 0 Å². The van der Waals surface area contributed by atoms with E-state index in [1.54, 1.807) is 12.1 Å². The van der Waals surface area contributed by atoms with Gasteiger partial charge in [0, 0.05) is 17.0 Å². The molecule has 0 atom stereocenters. The van der Waals surface area contributed by atoms with E-state index in [-0.39, 0.29) is 5.82 Å². The summed E-state index contributed by atoms with van der Waals surface area (Å²) in [4.78, 5) is 8.94. The lowest BCUT2D eigenvalue weighted by atomic mass is 10.3. The summed E-state index contributed by atoms with van der Waals surface area (Å²) in [7, 11) is 0. The van der Waals surface area contributed by atoms with E-state index in [0.29, 0.717) is 4.90 Å². The molecule has 0 amide bonds. The molecule has 0 unspecified atom stereocenters. The van der Waals surface area contributed by atoms with Gasteiger partial charge in [-0.25, -0.2) is 14.4 Å². The fourth-order valence-electron chi connectivity index (χ4n) is 1.51. The average molecular weight is 263 g/mol. The van der Waals surface area contributed by atoms with Crippen LogP contribution >= 0.6 is 11.8 Å². The largest absolute Gasteiger partial charge is 0.370 e. The standard InChI is InChI=1S/C13H14FN3S/c1-3-15-12-9(2)13(17-8-16-12)18-11-7-5-4-6-10(11)14/h4-8H,3H2,1-2H3,(H,15,16,17). The van der Waals surface area contributed by atoms with Gasteiger partial charge in [-0.05, 0) is 26.0 Å². The van der Waals surface area contributed by atoms with Crippen molar-refractivity contribution in [1.29, 1.82) is 0 Å². The predicted octanol–water partition coefficient (Wildman–Crippen LogP) is 3.51. The monoisotopic (exact) mass is 263 g/mol. The summed E-state index contributed by atoms with van der Waals surface area (Å²) in [5.74, 6) is 0.567. The Bertz CT molecular complexity index is 546. The average Bonchev–Trinajstić information content (AvgIpc) is 2.37. The lowest BCUT2D eigenvalue weighted by Crippen LogP contribution is -2.03. The number of nitrogens with one attached hydrogen (secondary N) is 1.